The van der Waals surface area contributed by atoms with E-state index in [0.29, 0.717) is 19.9 Å². The minimum atomic E-state index is -0.137. The van der Waals surface area contributed by atoms with Crippen LogP contribution in [0.2, 0.25) is 5.02 Å². The summed E-state index contributed by atoms with van der Waals surface area (Å²) >= 11 is 12.9. The van der Waals surface area contributed by atoms with Crippen LogP contribution in [0.15, 0.2) is 59.5 Å². The fraction of sp³-hybridized carbons (Fsp3) is 0.130. The van der Waals surface area contributed by atoms with Gasteiger partial charge in [-0.25, -0.2) is 0 Å². The van der Waals surface area contributed by atoms with Crippen molar-refractivity contribution in [2.24, 2.45) is 0 Å². The van der Waals surface area contributed by atoms with Crippen LogP contribution < -0.4 is 9.64 Å². The Kier molecular flexibility index (Phi) is 5.73. The van der Waals surface area contributed by atoms with Gasteiger partial charge in [-0.2, -0.15) is 0 Å². The monoisotopic (exact) mass is 454 g/mol. The van der Waals surface area contributed by atoms with Gasteiger partial charge < -0.3 is 9.30 Å². The predicted octanol–water partition coefficient (Wildman–Crippen LogP) is 6.16. The van der Waals surface area contributed by atoms with Crippen LogP contribution in [0.5, 0.6) is 5.75 Å². The van der Waals surface area contributed by atoms with Crippen LogP contribution >= 0.6 is 35.6 Å². The van der Waals surface area contributed by atoms with Crippen molar-refractivity contribution in [2.45, 2.75) is 13.8 Å². The summed E-state index contributed by atoms with van der Waals surface area (Å²) < 4.78 is 7.90. The first-order valence-electron chi connectivity index (χ1n) is 9.26. The SMILES string of the molecule is COc1ccc(-n2c(C)cc(/C=C3/SC(=S)N(c4cccc(Cl)c4)C3=O)c2C)cc1. The zero-order chi connectivity index (χ0) is 21.4. The van der Waals surface area contributed by atoms with E-state index in [-0.39, 0.29) is 5.91 Å². The molecule has 0 N–H and O–H groups in total. The standard InChI is InChI=1S/C23H19ClN2O2S2/c1-14-11-16(15(2)25(14)18-7-9-20(28-3)10-8-18)12-21-22(27)26(23(29)30-21)19-6-4-5-17(24)13-19/h4-13H,1-3H3/b21-12+. The molecule has 4 nitrogen and oxygen atoms in total. The summed E-state index contributed by atoms with van der Waals surface area (Å²) in [5, 5.41) is 0.563. The van der Waals surface area contributed by atoms with Crippen molar-refractivity contribution >= 4 is 57.6 Å². The lowest BCUT2D eigenvalue weighted by Gasteiger charge is -2.14. The third-order valence-corrected chi connectivity index (χ3v) is 6.48. The Labute approximate surface area is 190 Å². The van der Waals surface area contributed by atoms with Crippen molar-refractivity contribution in [3.63, 3.8) is 0 Å². The number of rotatable bonds is 4. The van der Waals surface area contributed by atoms with Gasteiger partial charge in [0.05, 0.1) is 17.7 Å². The minimum absolute atomic E-state index is 0.137. The number of halogens is 1. The van der Waals surface area contributed by atoms with Gasteiger partial charge in [0.25, 0.3) is 5.91 Å². The fourth-order valence-electron chi connectivity index (χ4n) is 3.51. The quantitative estimate of drug-likeness (QED) is 0.349. The smallest absolute Gasteiger partial charge is 0.270 e. The summed E-state index contributed by atoms with van der Waals surface area (Å²) in [5.41, 5.74) is 4.82. The number of aromatic nitrogens is 1. The molecule has 1 aromatic heterocycles. The molecule has 1 fully saturated rings. The van der Waals surface area contributed by atoms with E-state index in [4.69, 9.17) is 28.6 Å². The van der Waals surface area contributed by atoms with Crippen LogP contribution in [0.4, 0.5) is 5.69 Å². The second-order valence-electron chi connectivity index (χ2n) is 6.86. The molecule has 0 spiro atoms. The van der Waals surface area contributed by atoms with Gasteiger partial charge in [0.2, 0.25) is 0 Å². The van der Waals surface area contributed by atoms with Crippen LogP contribution in [0, 0.1) is 13.8 Å². The number of aryl methyl sites for hydroxylation is 1. The number of thioether (sulfide) groups is 1. The molecule has 2 heterocycles. The number of carbonyl (C=O) groups excluding carboxylic acids is 1. The Balaban J connectivity index is 1.68. The molecule has 1 aliphatic rings. The van der Waals surface area contributed by atoms with Crippen LogP contribution in [0.1, 0.15) is 17.0 Å². The van der Waals surface area contributed by atoms with Gasteiger partial charge in [-0.15, -0.1) is 0 Å². The molecule has 4 rings (SSSR count). The third kappa shape index (κ3) is 3.78. The van der Waals surface area contributed by atoms with Gasteiger partial charge in [0.15, 0.2) is 4.32 Å². The van der Waals surface area contributed by atoms with E-state index >= 15 is 0 Å². The highest BCUT2D eigenvalue weighted by Gasteiger charge is 2.33. The van der Waals surface area contributed by atoms with E-state index in [2.05, 4.69) is 10.6 Å². The Bertz CT molecular complexity index is 1180. The van der Waals surface area contributed by atoms with Crippen LogP contribution in [-0.4, -0.2) is 21.9 Å². The van der Waals surface area contributed by atoms with E-state index in [1.807, 2.05) is 56.3 Å². The number of amides is 1. The van der Waals surface area contributed by atoms with E-state index in [1.54, 1.807) is 19.2 Å². The average molecular weight is 455 g/mol. The molecule has 0 bridgehead atoms. The number of carbonyl (C=O) groups is 1. The van der Waals surface area contributed by atoms with E-state index in [9.17, 15) is 4.79 Å². The Morgan fingerprint density at radius 1 is 1.07 bits per heavy atom. The molecule has 7 heteroatoms. The first kappa shape index (κ1) is 20.7. The number of ether oxygens (including phenoxy) is 1. The topological polar surface area (TPSA) is 34.5 Å². The van der Waals surface area contributed by atoms with Crippen molar-refractivity contribution in [1.82, 2.24) is 4.57 Å². The van der Waals surface area contributed by atoms with Gasteiger partial charge in [-0.05, 0) is 74.0 Å². The maximum Gasteiger partial charge on any atom is 0.270 e. The number of methoxy groups -OCH3 is 1. The summed E-state index contributed by atoms with van der Waals surface area (Å²) in [7, 11) is 1.65. The number of anilines is 1. The van der Waals surface area contributed by atoms with Gasteiger partial charge in [-0.3, -0.25) is 9.69 Å². The zero-order valence-corrected chi connectivity index (χ0v) is 19.1. The summed E-state index contributed by atoms with van der Waals surface area (Å²) in [6.07, 6.45) is 1.91. The van der Waals surface area contributed by atoms with Gasteiger partial charge in [0, 0.05) is 22.1 Å². The average Bonchev–Trinajstić information content (AvgIpc) is 3.16. The van der Waals surface area contributed by atoms with E-state index in [1.165, 1.54) is 16.7 Å². The van der Waals surface area contributed by atoms with Crippen molar-refractivity contribution in [1.29, 1.82) is 0 Å². The molecule has 1 aliphatic heterocycles. The molecule has 3 aromatic rings. The lowest BCUT2D eigenvalue weighted by molar-refractivity contribution is -0.113. The van der Waals surface area contributed by atoms with Crippen LogP contribution in [0.3, 0.4) is 0 Å². The lowest BCUT2D eigenvalue weighted by Crippen LogP contribution is -2.27. The van der Waals surface area contributed by atoms with E-state index in [0.717, 1.165) is 28.4 Å². The van der Waals surface area contributed by atoms with Crippen molar-refractivity contribution in [3.8, 4) is 11.4 Å². The first-order chi connectivity index (χ1) is 14.4. The normalized spacial score (nSPS) is 15.3. The van der Waals surface area contributed by atoms with Gasteiger partial charge >= 0.3 is 0 Å². The molecule has 2 aromatic carbocycles. The Hall–Kier alpha value is -2.54. The Morgan fingerprint density at radius 2 is 1.80 bits per heavy atom. The molecule has 0 radical (unpaired) electrons. The number of hydrogen-bond acceptors (Lipinski definition) is 4. The number of nitrogens with zero attached hydrogens (tertiary/aromatic N) is 2. The maximum absolute atomic E-state index is 13.1. The first-order valence-corrected chi connectivity index (χ1v) is 10.9. The van der Waals surface area contributed by atoms with Crippen molar-refractivity contribution in [2.75, 3.05) is 12.0 Å². The largest absolute Gasteiger partial charge is 0.497 e. The van der Waals surface area contributed by atoms with Crippen molar-refractivity contribution in [3.05, 3.63) is 81.5 Å². The predicted molar refractivity (Wildman–Crippen MR) is 129 cm³/mol. The molecule has 30 heavy (non-hydrogen) atoms. The third-order valence-electron chi connectivity index (χ3n) is 4.95. The highest BCUT2D eigenvalue weighted by molar-refractivity contribution is 8.27. The summed E-state index contributed by atoms with van der Waals surface area (Å²) in [6, 6.07) is 17.1. The van der Waals surface area contributed by atoms with E-state index < -0.39 is 0 Å². The minimum Gasteiger partial charge on any atom is -0.497 e. The molecule has 0 atom stereocenters. The highest BCUT2D eigenvalue weighted by Crippen LogP contribution is 2.37. The fourth-order valence-corrected chi connectivity index (χ4v) is 4.98. The molecule has 0 unspecified atom stereocenters. The highest BCUT2D eigenvalue weighted by atomic mass is 35.5. The van der Waals surface area contributed by atoms with Gasteiger partial charge in [0.1, 0.15) is 5.75 Å². The molecular weight excluding hydrogens is 436 g/mol. The second kappa shape index (κ2) is 8.30. The van der Waals surface area contributed by atoms with Crippen LogP contribution in [-0.2, 0) is 4.79 Å². The molecule has 0 saturated carbocycles. The molecule has 0 aliphatic carbocycles. The number of thiocarbonyl (C=S) groups is 1. The summed E-state index contributed by atoms with van der Waals surface area (Å²) in [6.45, 7) is 4.09. The zero-order valence-electron chi connectivity index (χ0n) is 16.7. The van der Waals surface area contributed by atoms with Crippen molar-refractivity contribution < 1.29 is 9.53 Å². The molecule has 1 saturated heterocycles. The summed E-state index contributed by atoms with van der Waals surface area (Å²) in [4.78, 5) is 15.2. The molecular formula is C23H19ClN2O2S2. The van der Waals surface area contributed by atoms with Crippen LogP contribution in [0.25, 0.3) is 11.8 Å². The number of hydrogen-bond donors (Lipinski definition) is 0. The maximum atomic E-state index is 13.1. The summed E-state index contributed by atoms with van der Waals surface area (Å²) in [5.74, 6) is 0.674. The number of benzene rings is 2. The lowest BCUT2D eigenvalue weighted by atomic mass is 10.2. The van der Waals surface area contributed by atoms with Gasteiger partial charge in [-0.1, -0.05) is 41.6 Å². The Morgan fingerprint density at radius 3 is 2.47 bits per heavy atom. The molecule has 152 valence electrons. The molecule has 1 amide bonds. The second-order valence-corrected chi connectivity index (χ2v) is 8.97.